The summed E-state index contributed by atoms with van der Waals surface area (Å²) in [5, 5.41) is 9.65. The van der Waals surface area contributed by atoms with E-state index in [9.17, 15) is 4.79 Å². The number of allylic oxidation sites excluding steroid dienone is 1. The number of carbonyl (C=O) groups is 1. The molecule has 0 fully saturated rings. The van der Waals surface area contributed by atoms with Crippen molar-refractivity contribution in [2.75, 3.05) is 10.6 Å². The van der Waals surface area contributed by atoms with Gasteiger partial charge < -0.3 is 15.2 Å². The van der Waals surface area contributed by atoms with Crippen LogP contribution >= 0.6 is 0 Å². The van der Waals surface area contributed by atoms with Crippen LogP contribution in [-0.2, 0) is 4.79 Å². The number of amides is 1. The second-order valence-electron chi connectivity index (χ2n) is 4.53. The van der Waals surface area contributed by atoms with Gasteiger partial charge in [-0.25, -0.2) is 0 Å². The van der Waals surface area contributed by atoms with Crippen LogP contribution in [0, 0.1) is 13.8 Å². The molecule has 2 N–H and O–H groups in total. The first-order valence-electron chi connectivity index (χ1n) is 6.30. The minimum atomic E-state index is -0.199. The summed E-state index contributed by atoms with van der Waals surface area (Å²) < 4.78 is 5.13. The van der Waals surface area contributed by atoms with E-state index in [4.69, 9.17) is 4.52 Å². The highest BCUT2D eigenvalue weighted by Crippen LogP contribution is 2.19. The number of para-hydroxylation sites is 1. The van der Waals surface area contributed by atoms with Crippen molar-refractivity contribution in [2.24, 2.45) is 0 Å². The molecule has 2 aromatic rings. The fourth-order valence-electron chi connectivity index (χ4n) is 1.64. The second-order valence-corrected chi connectivity index (χ2v) is 4.53. The molecule has 1 aromatic heterocycles. The van der Waals surface area contributed by atoms with Gasteiger partial charge in [-0.2, -0.15) is 0 Å². The van der Waals surface area contributed by atoms with Gasteiger partial charge in [0.1, 0.15) is 0 Å². The molecule has 1 aromatic carbocycles. The van der Waals surface area contributed by atoms with Crippen LogP contribution in [0.5, 0.6) is 0 Å². The molecule has 0 atom stereocenters. The molecule has 5 heteroatoms. The predicted molar refractivity (Wildman–Crippen MR) is 78.4 cm³/mol. The number of carbonyl (C=O) groups excluding carboxylic acids is 1. The van der Waals surface area contributed by atoms with Gasteiger partial charge in [0.25, 0.3) is 0 Å². The van der Waals surface area contributed by atoms with Crippen LogP contribution in [0.25, 0.3) is 0 Å². The average molecular weight is 271 g/mol. The molecular formula is C15H17N3O2. The molecule has 5 nitrogen and oxygen atoms in total. The van der Waals surface area contributed by atoms with E-state index in [1.807, 2.05) is 44.2 Å². The first kappa shape index (κ1) is 13.9. The number of benzene rings is 1. The lowest BCUT2D eigenvalue weighted by Gasteiger charge is -2.05. The predicted octanol–water partition coefficient (Wildman–Crippen LogP) is 3.25. The summed E-state index contributed by atoms with van der Waals surface area (Å²) in [7, 11) is 0. The maximum absolute atomic E-state index is 11.8. The van der Waals surface area contributed by atoms with Gasteiger partial charge in [0.05, 0.1) is 5.69 Å². The Kier molecular flexibility index (Phi) is 4.20. The topological polar surface area (TPSA) is 67.2 Å². The fraction of sp³-hybridized carbons (Fsp3) is 0.200. The third-order valence-electron chi connectivity index (χ3n) is 2.86. The Balaban J connectivity index is 2.00. The summed E-state index contributed by atoms with van der Waals surface area (Å²) in [6.07, 6.45) is 1.48. The van der Waals surface area contributed by atoms with Crippen molar-refractivity contribution in [3.63, 3.8) is 0 Å². The molecule has 0 aliphatic heterocycles. The number of hydrogen-bond donors (Lipinski definition) is 2. The van der Waals surface area contributed by atoms with Crippen LogP contribution in [0.2, 0.25) is 0 Å². The zero-order valence-electron chi connectivity index (χ0n) is 11.7. The standard InChI is InChI=1S/C15H17N3O2/c1-10(16-15-11(2)12(3)18-20-15)9-14(19)17-13-7-5-4-6-8-13/h4-9,16H,1-3H3,(H,17,19). The van der Waals surface area contributed by atoms with E-state index < -0.39 is 0 Å². The molecule has 0 saturated heterocycles. The molecule has 0 spiro atoms. The molecule has 0 bridgehead atoms. The molecule has 0 radical (unpaired) electrons. The zero-order chi connectivity index (χ0) is 14.5. The lowest BCUT2D eigenvalue weighted by atomic mass is 10.3. The Labute approximate surface area is 117 Å². The fourth-order valence-corrected chi connectivity index (χ4v) is 1.64. The van der Waals surface area contributed by atoms with Crippen molar-refractivity contribution in [1.29, 1.82) is 0 Å². The van der Waals surface area contributed by atoms with Gasteiger partial charge in [-0.3, -0.25) is 4.79 Å². The largest absolute Gasteiger partial charge is 0.338 e. The van der Waals surface area contributed by atoms with E-state index in [0.29, 0.717) is 11.6 Å². The number of nitrogens with one attached hydrogen (secondary N) is 2. The molecule has 20 heavy (non-hydrogen) atoms. The highest BCUT2D eigenvalue weighted by molar-refractivity contribution is 5.99. The van der Waals surface area contributed by atoms with E-state index in [1.165, 1.54) is 6.08 Å². The van der Waals surface area contributed by atoms with E-state index >= 15 is 0 Å². The zero-order valence-corrected chi connectivity index (χ0v) is 11.7. The molecule has 0 aliphatic carbocycles. The molecule has 0 aliphatic rings. The van der Waals surface area contributed by atoms with Gasteiger partial charge in [-0.15, -0.1) is 0 Å². The normalized spacial score (nSPS) is 11.2. The van der Waals surface area contributed by atoms with Crippen LogP contribution in [-0.4, -0.2) is 11.1 Å². The van der Waals surface area contributed by atoms with Crippen molar-refractivity contribution in [3.05, 3.63) is 53.4 Å². The summed E-state index contributed by atoms with van der Waals surface area (Å²) >= 11 is 0. The lowest BCUT2D eigenvalue weighted by molar-refractivity contribution is -0.111. The molecule has 1 amide bonds. The van der Waals surface area contributed by atoms with Crippen LogP contribution in [0.15, 0.2) is 46.6 Å². The molecule has 1 heterocycles. The number of anilines is 2. The number of rotatable bonds is 4. The van der Waals surface area contributed by atoms with E-state index in [-0.39, 0.29) is 5.91 Å². The Morgan fingerprint density at radius 3 is 2.50 bits per heavy atom. The Bertz CT molecular complexity index is 630. The van der Waals surface area contributed by atoms with Gasteiger partial charge >= 0.3 is 0 Å². The first-order chi connectivity index (χ1) is 9.56. The quantitative estimate of drug-likeness (QED) is 0.838. The van der Waals surface area contributed by atoms with Crippen LogP contribution in [0.3, 0.4) is 0 Å². The Morgan fingerprint density at radius 1 is 1.20 bits per heavy atom. The number of hydrogen-bond acceptors (Lipinski definition) is 4. The van der Waals surface area contributed by atoms with Crippen molar-refractivity contribution >= 4 is 17.5 Å². The summed E-state index contributed by atoms with van der Waals surface area (Å²) in [5.41, 5.74) is 3.20. The maximum Gasteiger partial charge on any atom is 0.250 e. The van der Waals surface area contributed by atoms with Crippen LogP contribution in [0.1, 0.15) is 18.2 Å². The molecule has 0 unspecified atom stereocenters. The third-order valence-corrected chi connectivity index (χ3v) is 2.86. The van der Waals surface area contributed by atoms with Crippen molar-refractivity contribution < 1.29 is 9.32 Å². The minimum Gasteiger partial charge on any atom is -0.338 e. The average Bonchev–Trinajstić information content (AvgIpc) is 2.71. The molecule has 104 valence electrons. The van der Waals surface area contributed by atoms with Crippen molar-refractivity contribution in [1.82, 2.24) is 5.16 Å². The smallest absolute Gasteiger partial charge is 0.250 e. The van der Waals surface area contributed by atoms with Gasteiger partial charge in [0.15, 0.2) is 0 Å². The monoisotopic (exact) mass is 271 g/mol. The van der Waals surface area contributed by atoms with E-state index in [1.54, 1.807) is 6.92 Å². The highest BCUT2D eigenvalue weighted by Gasteiger charge is 2.08. The van der Waals surface area contributed by atoms with Gasteiger partial charge in [0, 0.05) is 23.0 Å². The van der Waals surface area contributed by atoms with Gasteiger partial charge in [-0.1, -0.05) is 23.4 Å². The highest BCUT2D eigenvalue weighted by atomic mass is 16.5. The SMILES string of the molecule is CC(=CC(=O)Nc1ccccc1)Nc1onc(C)c1C. The van der Waals surface area contributed by atoms with Gasteiger partial charge in [-0.05, 0) is 32.9 Å². The number of aryl methyl sites for hydroxylation is 1. The summed E-state index contributed by atoms with van der Waals surface area (Å²) in [6, 6.07) is 9.29. The van der Waals surface area contributed by atoms with Crippen LogP contribution < -0.4 is 10.6 Å². The van der Waals surface area contributed by atoms with Crippen LogP contribution in [0.4, 0.5) is 11.6 Å². The maximum atomic E-state index is 11.8. The summed E-state index contributed by atoms with van der Waals surface area (Å²) in [5.74, 6) is 0.360. The number of aromatic nitrogens is 1. The first-order valence-corrected chi connectivity index (χ1v) is 6.30. The lowest BCUT2D eigenvalue weighted by Crippen LogP contribution is -2.10. The number of nitrogens with zero attached hydrogens (tertiary/aromatic N) is 1. The van der Waals surface area contributed by atoms with Gasteiger partial charge in [0.2, 0.25) is 11.8 Å². The van der Waals surface area contributed by atoms with Crippen molar-refractivity contribution in [2.45, 2.75) is 20.8 Å². The summed E-state index contributed by atoms with van der Waals surface area (Å²) in [6.45, 7) is 5.57. The molecule has 2 rings (SSSR count). The van der Waals surface area contributed by atoms with Crippen molar-refractivity contribution in [3.8, 4) is 0 Å². The van der Waals surface area contributed by atoms with E-state index in [0.717, 1.165) is 16.9 Å². The third kappa shape index (κ3) is 3.47. The van der Waals surface area contributed by atoms with E-state index in [2.05, 4.69) is 15.8 Å². The second kappa shape index (κ2) is 6.06. The summed E-state index contributed by atoms with van der Waals surface area (Å²) in [4.78, 5) is 11.8. The Hall–Kier alpha value is -2.56. The molecule has 0 saturated carbocycles. The molecular weight excluding hydrogens is 254 g/mol. The Morgan fingerprint density at radius 2 is 1.90 bits per heavy atom. The minimum absolute atomic E-state index is 0.199.